The molecule has 0 aliphatic heterocycles. The number of nitrogens with one attached hydrogen (secondary N) is 2. The highest BCUT2D eigenvalue weighted by Crippen LogP contribution is 2.34. The van der Waals surface area contributed by atoms with Crippen LogP contribution in [-0.2, 0) is 23.4 Å². The van der Waals surface area contributed by atoms with Crippen molar-refractivity contribution >= 4 is 44.9 Å². The van der Waals surface area contributed by atoms with Crippen molar-refractivity contribution in [3.63, 3.8) is 0 Å². The van der Waals surface area contributed by atoms with Gasteiger partial charge in [0.15, 0.2) is 0 Å². The lowest BCUT2D eigenvalue weighted by molar-refractivity contribution is -0.118. The van der Waals surface area contributed by atoms with Crippen molar-refractivity contribution in [3.8, 4) is 0 Å². The smallest absolute Gasteiger partial charge is 0.259 e. The zero-order chi connectivity index (χ0) is 18.8. The fourth-order valence-electron chi connectivity index (χ4n) is 3.29. The highest BCUT2D eigenvalue weighted by molar-refractivity contribution is 7.99. The Bertz CT molecular complexity index is 1030. The van der Waals surface area contributed by atoms with Gasteiger partial charge < -0.3 is 4.98 Å². The number of thioether (sulfide) groups is 1. The van der Waals surface area contributed by atoms with Gasteiger partial charge in [0, 0.05) is 11.9 Å². The van der Waals surface area contributed by atoms with Crippen molar-refractivity contribution in [2.45, 2.75) is 25.0 Å². The summed E-state index contributed by atoms with van der Waals surface area (Å²) in [4.78, 5) is 34.2. The summed E-state index contributed by atoms with van der Waals surface area (Å²) >= 11 is 3.07. The first kappa shape index (κ1) is 18.1. The van der Waals surface area contributed by atoms with Crippen molar-refractivity contribution in [2.75, 3.05) is 17.8 Å². The van der Waals surface area contributed by atoms with Gasteiger partial charge >= 0.3 is 0 Å². The lowest BCUT2D eigenvalue weighted by atomic mass is 10.2. The third-order valence-corrected chi connectivity index (χ3v) is 6.66. The van der Waals surface area contributed by atoms with E-state index in [-0.39, 0.29) is 11.5 Å². The van der Waals surface area contributed by atoms with Crippen LogP contribution in [0.3, 0.4) is 0 Å². The number of thiophene rings is 1. The molecule has 2 N–H and O–H groups in total. The number of para-hydroxylation sites is 1. The Hall–Kier alpha value is -2.32. The van der Waals surface area contributed by atoms with E-state index in [1.54, 1.807) is 23.4 Å². The van der Waals surface area contributed by atoms with Crippen molar-refractivity contribution < 1.29 is 4.79 Å². The number of hydrazine groups is 1. The van der Waals surface area contributed by atoms with Crippen molar-refractivity contribution in [1.82, 2.24) is 15.4 Å². The van der Waals surface area contributed by atoms with Gasteiger partial charge in [-0.2, -0.15) is 0 Å². The number of rotatable bonds is 6. The Morgan fingerprint density at radius 3 is 2.96 bits per heavy atom. The number of nitrogens with zero attached hydrogens (tertiary/aromatic N) is 2. The third-order valence-electron chi connectivity index (χ3n) is 4.53. The number of benzene rings is 1. The largest absolute Gasteiger partial charge is 0.309 e. The second kappa shape index (κ2) is 7.74. The topological polar surface area (TPSA) is 78.1 Å². The minimum atomic E-state index is -0.0927. The molecule has 3 aromatic rings. The summed E-state index contributed by atoms with van der Waals surface area (Å²) < 4.78 is 0. The van der Waals surface area contributed by atoms with E-state index in [1.807, 2.05) is 30.3 Å². The zero-order valence-corrected chi connectivity index (χ0v) is 16.6. The van der Waals surface area contributed by atoms with Crippen LogP contribution < -0.4 is 16.0 Å². The van der Waals surface area contributed by atoms with Crippen LogP contribution >= 0.6 is 23.1 Å². The molecule has 0 radical (unpaired) electrons. The van der Waals surface area contributed by atoms with Crippen LogP contribution in [0.5, 0.6) is 0 Å². The van der Waals surface area contributed by atoms with E-state index in [0.717, 1.165) is 35.2 Å². The van der Waals surface area contributed by atoms with E-state index in [4.69, 9.17) is 0 Å². The molecule has 0 bridgehead atoms. The average molecular weight is 401 g/mol. The number of aromatic nitrogens is 2. The number of aromatic amines is 1. The first-order valence-corrected chi connectivity index (χ1v) is 10.8. The molecule has 0 saturated carbocycles. The summed E-state index contributed by atoms with van der Waals surface area (Å²) in [7, 11) is 1.81. The molecular formula is C19H20N4O2S2. The molecule has 2 aromatic heterocycles. The van der Waals surface area contributed by atoms with Crippen LogP contribution in [-0.4, -0.2) is 28.7 Å². The lowest BCUT2D eigenvalue weighted by Crippen LogP contribution is -2.40. The van der Waals surface area contributed by atoms with Gasteiger partial charge in [-0.3, -0.25) is 20.0 Å². The molecule has 2 heterocycles. The number of carbonyl (C=O) groups is 1. The minimum absolute atomic E-state index is 0.0525. The van der Waals surface area contributed by atoms with Gasteiger partial charge in [0.2, 0.25) is 5.91 Å². The number of H-pyrrole nitrogens is 1. The highest BCUT2D eigenvalue weighted by Gasteiger charge is 2.21. The third kappa shape index (κ3) is 3.86. The molecule has 1 aliphatic carbocycles. The molecule has 0 atom stereocenters. The molecule has 27 heavy (non-hydrogen) atoms. The molecule has 0 saturated heterocycles. The fraction of sp³-hybridized carbons (Fsp3) is 0.316. The summed E-state index contributed by atoms with van der Waals surface area (Å²) in [5.74, 6) is 1.32. The number of amides is 1. The van der Waals surface area contributed by atoms with Crippen molar-refractivity contribution in [3.05, 3.63) is 57.0 Å². The number of hydrogen-bond donors (Lipinski definition) is 2. The van der Waals surface area contributed by atoms with Gasteiger partial charge in [0.05, 0.1) is 22.6 Å². The highest BCUT2D eigenvalue weighted by atomic mass is 32.2. The molecule has 8 heteroatoms. The van der Waals surface area contributed by atoms with Crippen LogP contribution in [0.2, 0.25) is 0 Å². The fourth-order valence-corrected chi connectivity index (χ4v) is 5.25. The van der Waals surface area contributed by atoms with Gasteiger partial charge in [-0.05, 0) is 37.0 Å². The summed E-state index contributed by atoms with van der Waals surface area (Å²) in [5, 5.41) is 2.46. The monoisotopic (exact) mass is 400 g/mol. The minimum Gasteiger partial charge on any atom is -0.309 e. The van der Waals surface area contributed by atoms with Gasteiger partial charge in [0.1, 0.15) is 10.7 Å². The number of aryl methyl sites for hydroxylation is 2. The Morgan fingerprint density at radius 1 is 1.33 bits per heavy atom. The normalized spacial score (nSPS) is 12.9. The molecule has 1 aliphatic rings. The number of hydrogen-bond acceptors (Lipinski definition) is 6. The van der Waals surface area contributed by atoms with Crippen LogP contribution in [0, 0.1) is 0 Å². The van der Waals surface area contributed by atoms with E-state index >= 15 is 0 Å². The molecule has 140 valence electrons. The lowest BCUT2D eigenvalue weighted by Gasteiger charge is -2.19. The molecule has 0 spiro atoms. The second-order valence-corrected chi connectivity index (χ2v) is 8.54. The van der Waals surface area contributed by atoms with E-state index in [0.29, 0.717) is 17.3 Å². The average Bonchev–Trinajstić information content (AvgIpc) is 3.23. The van der Waals surface area contributed by atoms with Gasteiger partial charge in [-0.1, -0.05) is 18.2 Å². The maximum atomic E-state index is 12.4. The predicted molar refractivity (Wildman–Crippen MR) is 111 cm³/mol. The quantitative estimate of drug-likeness (QED) is 0.622. The molecule has 1 amide bonds. The Kier molecular flexibility index (Phi) is 5.18. The van der Waals surface area contributed by atoms with Gasteiger partial charge in [-0.25, -0.2) is 4.98 Å². The van der Waals surface area contributed by atoms with E-state index in [2.05, 4.69) is 15.4 Å². The maximum absolute atomic E-state index is 12.4. The Morgan fingerprint density at radius 2 is 2.15 bits per heavy atom. The first-order chi connectivity index (χ1) is 13.1. The maximum Gasteiger partial charge on any atom is 0.259 e. The summed E-state index contributed by atoms with van der Waals surface area (Å²) in [6.07, 6.45) is 3.15. The number of fused-ring (bicyclic) bond motifs is 3. The number of carbonyl (C=O) groups excluding carboxylic acids is 1. The van der Waals surface area contributed by atoms with E-state index in [1.165, 1.54) is 22.2 Å². The molecule has 4 rings (SSSR count). The molecule has 0 unspecified atom stereocenters. The standard InChI is InChI=1S/C19H20N4O2S2/c1-23(12-6-3-2-4-7-12)22-16(24)11-26-10-15-20-18(25)17-13-8-5-9-14(13)27-19(17)21-15/h2-4,6-7H,5,8-11H2,1H3,(H,22,24)(H,20,21,25). The SMILES string of the molecule is CN(NC(=O)CSCc1nc2sc3c(c2c(=O)[nH]1)CCC3)c1ccccc1. The van der Waals surface area contributed by atoms with E-state index in [9.17, 15) is 9.59 Å². The van der Waals surface area contributed by atoms with E-state index < -0.39 is 0 Å². The summed E-state index contributed by atoms with van der Waals surface area (Å²) in [6.45, 7) is 0. The first-order valence-electron chi connectivity index (χ1n) is 8.81. The van der Waals surface area contributed by atoms with Crippen LogP contribution in [0.4, 0.5) is 5.69 Å². The second-order valence-electron chi connectivity index (χ2n) is 6.47. The van der Waals surface area contributed by atoms with Gasteiger partial charge in [-0.15, -0.1) is 23.1 Å². The van der Waals surface area contributed by atoms with Crippen LogP contribution in [0.15, 0.2) is 35.1 Å². The zero-order valence-electron chi connectivity index (χ0n) is 14.9. The van der Waals surface area contributed by atoms with Crippen LogP contribution in [0.25, 0.3) is 10.2 Å². The predicted octanol–water partition coefficient (Wildman–Crippen LogP) is 2.87. The molecule has 0 fully saturated rings. The van der Waals surface area contributed by atoms with Crippen molar-refractivity contribution in [2.24, 2.45) is 0 Å². The Labute approximate surface area is 165 Å². The molecular weight excluding hydrogens is 380 g/mol. The Balaban J connectivity index is 1.35. The summed E-state index contributed by atoms with van der Waals surface area (Å²) in [6, 6.07) is 9.63. The van der Waals surface area contributed by atoms with Crippen molar-refractivity contribution in [1.29, 1.82) is 0 Å². The van der Waals surface area contributed by atoms with Crippen LogP contribution in [0.1, 0.15) is 22.7 Å². The number of anilines is 1. The molecule has 1 aromatic carbocycles. The molecule has 6 nitrogen and oxygen atoms in total. The summed E-state index contributed by atoms with van der Waals surface area (Å²) in [5.41, 5.74) is 4.88. The van der Waals surface area contributed by atoms with Gasteiger partial charge in [0.25, 0.3) is 5.56 Å².